The van der Waals surface area contributed by atoms with Crippen LogP contribution in [0.15, 0.2) is 63.8 Å². The van der Waals surface area contributed by atoms with Crippen molar-refractivity contribution in [3.63, 3.8) is 0 Å². The molecule has 6 nitrogen and oxygen atoms in total. The minimum absolute atomic E-state index is 0.0735. The van der Waals surface area contributed by atoms with Crippen molar-refractivity contribution in [2.24, 2.45) is 5.92 Å². The Morgan fingerprint density at radius 3 is 2.45 bits per heavy atom. The Morgan fingerprint density at radius 1 is 1.07 bits per heavy atom. The fourth-order valence-electron chi connectivity index (χ4n) is 3.68. The van der Waals surface area contributed by atoms with Crippen molar-refractivity contribution in [3.8, 4) is 11.5 Å². The van der Waals surface area contributed by atoms with Crippen molar-refractivity contribution in [2.45, 2.75) is 25.8 Å². The molecule has 0 N–H and O–H groups in total. The van der Waals surface area contributed by atoms with Gasteiger partial charge in [-0.2, -0.15) is 4.68 Å². The van der Waals surface area contributed by atoms with Gasteiger partial charge in [-0.05, 0) is 55.0 Å². The van der Waals surface area contributed by atoms with Crippen LogP contribution in [0, 0.1) is 11.7 Å². The van der Waals surface area contributed by atoms with E-state index < -0.39 is 5.76 Å². The second kappa shape index (κ2) is 8.43. The van der Waals surface area contributed by atoms with Crippen LogP contribution in [0.5, 0.6) is 0 Å². The third-order valence-electron chi connectivity index (χ3n) is 5.32. The van der Waals surface area contributed by atoms with Gasteiger partial charge in [0.05, 0.1) is 0 Å². The molecule has 1 amide bonds. The molecule has 150 valence electrons. The number of piperidine rings is 1. The van der Waals surface area contributed by atoms with Crippen LogP contribution < -0.4 is 5.76 Å². The summed E-state index contributed by atoms with van der Waals surface area (Å²) in [6, 6.07) is 15.8. The SMILES string of the molecule is O=C(Cn1nc(-c2ccc(F)cc2)oc1=O)N1CCC(Cc2ccccc2)CC1. The molecular weight excluding hydrogens is 373 g/mol. The van der Waals surface area contributed by atoms with Crippen LogP contribution in [0.2, 0.25) is 0 Å². The van der Waals surface area contributed by atoms with E-state index >= 15 is 0 Å². The lowest BCUT2D eigenvalue weighted by atomic mass is 9.90. The number of halogens is 1. The molecule has 3 aromatic rings. The summed E-state index contributed by atoms with van der Waals surface area (Å²) < 4.78 is 19.2. The maximum atomic E-state index is 13.0. The standard InChI is InChI=1S/C22H22FN3O3/c23-19-8-6-18(7-9-19)21-24-26(22(28)29-21)15-20(27)25-12-10-17(11-13-25)14-16-4-2-1-3-5-16/h1-9,17H,10-15H2. The fraction of sp³-hybridized carbons (Fsp3) is 0.318. The Morgan fingerprint density at radius 2 is 1.76 bits per heavy atom. The van der Waals surface area contributed by atoms with Gasteiger partial charge in [0, 0.05) is 18.7 Å². The predicted octanol–water partition coefficient (Wildman–Crippen LogP) is 3.12. The maximum Gasteiger partial charge on any atom is 0.437 e. The Kier molecular flexibility index (Phi) is 5.55. The summed E-state index contributed by atoms with van der Waals surface area (Å²) in [7, 11) is 0. The first-order valence-corrected chi connectivity index (χ1v) is 9.74. The molecule has 1 fully saturated rings. The number of hydrogen-bond donors (Lipinski definition) is 0. The zero-order valence-electron chi connectivity index (χ0n) is 16.0. The Balaban J connectivity index is 1.34. The number of carbonyl (C=O) groups excluding carboxylic acids is 1. The number of amides is 1. The number of likely N-dealkylation sites (tertiary alicyclic amines) is 1. The largest absolute Gasteiger partial charge is 0.437 e. The lowest BCUT2D eigenvalue weighted by Gasteiger charge is -2.32. The van der Waals surface area contributed by atoms with E-state index in [9.17, 15) is 14.0 Å². The number of benzene rings is 2. The Hall–Kier alpha value is -3.22. The summed E-state index contributed by atoms with van der Waals surface area (Å²) in [5.41, 5.74) is 1.80. The highest BCUT2D eigenvalue weighted by Crippen LogP contribution is 2.22. The number of rotatable bonds is 5. The first-order valence-electron chi connectivity index (χ1n) is 9.74. The van der Waals surface area contributed by atoms with Crippen LogP contribution in [-0.2, 0) is 17.8 Å². The monoisotopic (exact) mass is 395 g/mol. The van der Waals surface area contributed by atoms with E-state index in [-0.39, 0.29) is 24.2 Å². The van der Waals surface area contributed by atoms with Gasteiger partial charge in [-0.3, -0.25) is 4.79 Å². The van der Waals surface area contributed by atoms with Gasteiger partial charge in [0.15, 0.2) is 0 Å². The van der Waals surface area contributed by atoms with Crippen LogP contribution in [-0.4, -0.2) is 33.7 Å². The van der Waals surface area contributed by atoms with E-state index in [1.807, 2.05) is 18.2 Å². The van der Waals surface area contributed by atoms with Crippen molar-refractivity contribution in [1.82, 2.24) is 14.7 Å². The Bertz CT molecular complexity index is 1020. The molecule has 1 aromatic heterocycles. The average Bonchev–Trinajstić information content (AvgIpc) is 3.10. The van der Waals surface area contributed by atoms with Crippen molar-refractivity contribution in [2.75, 3.05) is 13.1 Å². The topological polar surface area (TPSA) is 68.3 Å². The van der Waals surface area contributed by atoms with Crippen molar-refractivity contribution in [3.05, 3.63) is 76.5 Å². The van der Waals surface area contributed by atoms with E-state index in [1.165, 1.54) is 29.8 Å². The van der Waals surface area contributed by atoms with Crippen LogP contribution in [0.4, 0.5) is 4.39 Å². The van der Waals surface area contributed by atoms with Gasteiger partial charge in [-0.25, -0.2) is 9.18 Å². The van der Waals surface area contributed by atoms with Crippen molar-refractivity contribution in [1.29, 1.82) is 0 Å². The van der Waals surface area contributed by atoms with Crippen LogP contribution in [0.25, 0.3) is 11.5 Å². The highest BCUT2D eigenvalue weighted by Gasteiger charge is 2.24. The molecule has 2 aromatic carbocycles. The van der Waals surface area contributed by atoms with E-state index in [0.29, 0.717) is 24.6 Å². The number of carbonyl (C=O) groups is 1. The summed E-state index contributed by atoms with van der Waals surface area (Å²) in [6.45, 7) is 1.19. The molecular formula is C22H22FN3O3. The van der Waals surface area contributed by atoms with Gasteiger partial charge in [-0.15, -0.1) is 5.10 Å². The quantitative estimate of drug-likeness (QED) is 0.666. The highest BCUT2D eigenvalue weighted by molar-refractivity contribution is 5.76. The minimum atomic E-state index is -0.698. The smallest absolute Gasteiger partial charge is 0.388 e. The van der Waals surface area contributed by atoms with Gasteiger partial charge >= 0.3 is 5.76 Å². The summed E-state index contributed by atoms with van der Waals surface area (Å²) >= 11 is 0. The normalized spacial score (nSPS) is 14.9. The summed E-state index contributed by atoms with van der Waals surface area (Å²) in [5.74, 6) is -0.604. The molecule has 0 radical (unpaired) electrons. The van der Waals surface area contributed by atoms with Crippen molar-refractivity contribution >= 4 is 5.91 Å². The van der Waals surface area contributed by atoms with Gasteiger partial charge in [-0.1, -0.05) is 30.3 Å². The second-order valence-corrected chi connectivity index (χ2v) is 7.35. The molecule has 0 aliphatic carbocycles. The zero-order chi connectivity index (χ0) is 20.2. The summed E-state index contributed by atoms with van der Waals surface area (Å²) in [5, 5.41) is 4.08. The first-order chi connectivity index (χ1) is 14.1. The molecule has 0 saturated carbocycles. The Labute approximate surface area is 167 Å². The predicted molar refractivity (Wildman–Crippen MR) is 106 cm³/mol. The second-order valence-electron chi connectivity index (χ2n) is 7.35. The molecule has 0 spiro atoms. The molecule has 1 saturated heterocycles. The molecule has 0 unspecified atom stereocenters. The third-order valence-corrected chi connectivity index (χ3v) is 5.32. The van der Waals surface area contributed by atoms with Gasteiger partial charge in [0.2, 0.25) is 11.8 Å². The molecule has 29 heavy (non-hydrogen) atoms. The fourth-order valence-corrected chi connectivity index (χ4v) is 3.68. The van der Waals surface area contributed by atoms with Gasteiger partial charge in [0.1, 0.15) is 12.4 Å². The number of aromatic nitrogens is 2. The minimum Gasteiger partial charge on any atom is -0.388 e. The number of nitrogens with zero attached hydrogens (tertiary/aromatic N) is 3. The van der Waals surface area contributed by atoms with Crippen molar-refractivity contribution < 1.29 is 13.6 Å². The van der Waals surface area contributed by atoms with E-state index in [1.54, 1.807) is 4.90 Å². The zero-order valence-corrected chi connectivity index (χ0v) is 16.0. The molecule has 4 rings (SSSR count). The number of hydrogen-bond acceptors (Lipinski definition) is 4. The lowest BCUT2D eigenvalue weighted by molar-refractivity contribution is -0.133. The molecule has 2 heterocycles. The molecule has 7 heteroatoms. The third kappa shape index (κ3) is 4.62. The molecule has 0 atom stereocenters. The highest BCUT2D eigenvalue weighted by atomic mass is 19.1. The summed E-state index contributed by atoms with van der Waals surface area (Å²) in [4.78, 5) is 26.4. The maximum absolute atomic E-state index is 13.0. The summed E-state index contributed by atoms with van der Waals surface area (Å²) in [6.07, 6.45) is 2.90. The first kappa shape index (κ1) is 19.1. The van der Waals surface area contributed by atoms with Gasteiger partial charge in [0.25, 0.3) is 0 Å². The van der Waals surface area contributed by atoms with Crippen LogP contribution >= 0.6 is 0 Å². The van der Waals surface area contributed by atoms with E-state index in [2.05, 4.69) is 17.2 Å². The van der Waals surface area contributed by atoms with Crippen LogP contribution in [0.3, 0.4) is 0 Å². The molecule has 1 aliphatic rings. The molecule has 1 aliphatic heterocycles. The van der Waals surface area contributed by atoms with Gasteiger partial charge < -0.3 is 9.32 Å². The molecule has 0 bridgehead atoms. The lowest BCUT2D eigenvalue weighted by Crippen LogP contribution is -2.41. The van der Waals surface area contributed by atoms with E-state index in [4.69, 9.17) is 4.42 Å². The van der Waals surface area contributed by atoms with E-state index in [0.717, 1.165) is 23.9 Å². The average molecular weight is 395 g/mol. The van der Waals surface area contributed by atoms with Crippen LogP contribution in [0.1, 0.15) is 18.4 Å².